The molecule has 0 saturated carbocycles. The summed E-state index contributed by atoms with van der Waals surface area (Å²) < 4.78 is 43.4. The minimum atomic E-state index is -0.598. The van der Waals surface area contributed by atoms with Gasteiger partial charge in [0.2, 0.25) is 0 Å². The number of carbonyl (C=O) groups is 1. The monoisotopic (exact) mass is 397 g/mol. The Morgan fingerprint density at radius 1 is 1.00 bits per heavy atom. The molecule has 1 fully saturated rings. The number of ether oxygens (including phenoxy) is 1. The fourth-order valence-corrected chi connectivity index (χ4v) is 2.37. The van der Waals surface area contributed by atoms with Crippen LogP contribution in [0, 0.1) is 29.3 Å². The second-order valence-corrected chi connectivity index (χ2v) is 5.82. The zero-order chi connectivity index (χ0) is 20.6. The van der Waals surface area contributed by atoms with E-state index in [4.69, 9.17) is 4.74 Å². The summed E-state index contributed by atoms with van der Waals surface area (Å²) in [5.74, 6) is 4.16. The molecule has 146 valence electrons. The van der Waals surface area contributed by atoms with Crippen LogP contribution in [0.4, 0.5) is 18.0 Å². The van der Waals surface area contributed by atoms with Gasteiger partial charge in [-0.05, 0) is 30.2 Å². The summed E-state index contributed by atoms with van der Waals surface area (Å²) in [7, 11) is 0. The van der Waals surface area contributed by atoms with Gasteiger partial charge in [0.05, 0.1) is 18.4 Å². The van der Waals surface area contributed by atoms with E-state index < -0.39 is 23.8 Å². The first-order valence-corrected chi connectivity index (χ1v) is 8.43. The summed E-state index contributed by atoms with van der Waals surface area (Å²) in [6, 6.07) is 10.0. The molecule has 3 heterocycles. The molecule has 1 amide bonds. The maximum atomic E-state index is 13.8. The molecule has 1 atom stereocenters. The van der Waals surface area contributed by atoms with E-state index in [0.29, 0.717) is 11.3 Å². The van der Waals surface area contributed by atoms with Gasteiger partial charge in [-0.1, -0.05) is 24.1 Å². The van der Waals surface area contributed by atoms with E-state index in [1.165, 1.54) is 30.5 Å². The van der Waals surface area contributed by atoms with E-state index in [1.54, 1.807) is 18.2 Å². The Bertz CT molecular complexity index is 1070. The molecule has 8 heteroatoms. The summed E-state index contributed by atoms with van der Waals surface area (Å²) in [5, 5.41) is 2.48. The number of nitrogens with zero attached hydrogens (tertiary/aromatic N) is 2. The maximum absolute atomic E-state index is 13.8. The molecule has 0 bridgehead atoms. The van der Waals surface area contributed by atoms with Gasteiger partial charge in [-0.2, -0.15) is 0 Å². The zero-order valence-electron chi connectivity index (χ0n) is 14.9. The van der Waals surface area contributed by atoms with E-state index in [2.05, 4.69) is 27.1 Å². The van der Waals surface area contributed by atoms with Crippen molar-refractivity contribution >= 4 is 6.09 Å². The number of pyridine rings is 2. The SMILES string of the molecule is Fc1ccccc1.O=C1N[C@H](c2cc(C#Cc3cncc(F)c3)ncc2F)CO1. The molecule has 0 aliphatic carbocycles. The molecule has 5 nitrogen and oxygen atoms in total. The molecular weight excluding hydrogens is 383 g/mol. The van der Waals surface area contributed by atoms with Gasteiger partial charge in [-0.25, -0.2) is 22.9 Å². The predicted molar refractivity (Wildman–Crippen MR) is 98.0 cm³/mol. The smallest absolute Gasteiger partial charge is 0.407 e. The highest BCUT2D eigenvalue weighted by Gasteiger charge is 2.26. The lowest BCUT2D eigenvalue weighted by Crippen LogP contribution is -2.19. The molecule has 1 aliphatic rings. The van der Waals surface area contributed by atoms with Crippen LogP contribution in [0.25, 0.3) is 0 Å². The Morgan fingerprint density at radius 3 is 2.41 bits per heavy atom. The Morgan fingerprint density at radius 2 is 1.79 bits per heavy atom. The standard InChI is InChI=1S/C15H9F2N3O2.C6H5F/c16-10-3-9(5-18-6-10)1-2-11-4-12(13(17)7-19-11)14-8-22-15(21)20-14;7-6-4-2-1-3-5-6/h3-7,14H,8H2,(H,20,21);1-5H/t14-;/m0./s1. The average Bonchev–Trinajstić information content (AvgIpc) is 3.15. The van der Waals surface area contributed by atoms with Crippen LogP contribution in [0.5, 0.6) is 0 Å². The minimum Gasteiger partial charge on any atom is -0.447 e. The normalized spacial score (nSPS) is 14.6. The molecule has 29 heavy (non-hydrogen) atoms. The van der Waals surface area contributed by atoms with Crippen LogP contribution in [0.2, 0.25) is 0 Å². The van der Waals surface area contributed by atoms with Crippen LogP contribution in [0.1, 0.15) is 22.9 Å². The second-order valence-electron chi connectivity index (χ2n) is 5.82. The van der Waals surface area contributed by atoms with Gasteiger partial charge in [-0.3, -0.25) is 4.98 Å². The first-order valence-electron chi connectivity index (χ1n) is 8.43. The number of halogens is 3. The van der Waals surface area contributed by atoms with E-state index >= 15 is 0 Å². The van der Waals surface area contributed by atoms with Gasteiger partial charge < -0.3 is 10.1 Å². The maximum Gasteiger partial charge on any atom is 0.407 e. The summed E-state index contributed by atoms with van der Waals surface area (Å²) in [4.78, 5) is 18.6. The molecule has 1 saturated heterocycles. The number of hydrogen-bond donors (Lipinski definition) is 1. The molecule has 1 N–H and O–H groups in total. The summed E-state index contributed by atoms with van der Waals surface area (Å²) in [6.45, 7) is 0.0421. The lowest BCUT2D eigenvalue weighted by Gasteiger charge is -2.08. The third kappa shape index (κ3) is 5.81. The van der Waals surface area contributed by atoms with Crippen molar-refractivity contribution in [2.45, 2.75) is 6.04 Å². The van der Waals surface area contributed by atoms with Crippen molar-refractivity contribution < 1.29 is 22.7 Å². The number of hydrogen-bond acceptors (Lipinski definition) is 4. The molecule has 3 aromatic rings. The second kappa shape index (κ2) is 9.37. The lowest BCUT2D eigenvalue weighted by molar-refractivity contribution is 0.176. The van der Waals surface area contributed by atoms with Crippen molar-refractivity contribution in [2.75, 3.05) is 6.61 Å². The van der Waals surface area contributed by atoms with Crippen LogP contribution in [-0.4, -0.2) is 22.7 Å². The van der Waals surface area contributed by atoms with Crippen molar-refractivity contribution in [3.05, 3.63) is 95.3 Å². The van der Waals surface area contributed by atoms with Gasteiger partial charge >= 0.3 is 6.09 Å². The number of alkyl carbamates (subject to hydrolysis) is 1. The number of aromatic nitrogens is 2. The fraction of sp³-hybridized carbons (Fsp3) is 0.0952. The molecule has 0 radical (unpaired) electrons. The highest BCUT2D eigenvalue weighted by molar-refractivity contribution is 5.70. The zero-order valence-corrected chi connectivity index (χ0v) is 14.9. The number of rotatable bonds is 1. The molecule has 1 aromatic carbocycles. The van der Waals surface area contributed by atoms with Crippen molar-refractivity contribution in [1.82, 2.24) is 15.3 Å². The quantitative estimate of drug-likeness (QED) is 0.635. The minimum absolute atomic E-state index is 0.0421. The Balaban J connectivity index is 0.000000290. The third-order valence-electron chi connectivity index (χ3n) is 3.71. The number of cyclic esters (lactones) is 1. The summed E-state index contributed by atoms with van der Waals surface area (Å²) in [5.41, 5.74) is 0.912. The fourth-order valence-electron chi connectivity index (χ4n) is 2.37. The van der Waals surface area contributed by atoms with E-state index in [1.807, 2.05) is 0 Å². The lowest BCUT2D eigenvalue weighted by atomic mass is 10.1. The number of benzene rings is 1. The Labute approximate surface area is 164 Å². The van der Waals surface area contributed by atoms with Crippen molar-refractivity contribution in [3.8, 4) is 11.8 Å². The number of carbonyl (C=O) groups excluding carboxylic acids is 1. The number of nitrogens with one attached hydrogen (secondary N) is 1. The highest BCUT2D eigenvalue weighted by Crippen LogP contribution is 2.21. The van der Waals surface area contributed by atoms with Crippen molar-refractivity contribution in [2.24, 2.45) is 0 Å². The number of amides is 1. The van der Waals surface area contributed by atoms with E-state index in [0.717, 1.165) is 12.4 Å². The van der Waals surface area contributed by atoms with Crippen LogP contribution in [-0.2, 0) is 4.74 Å². The predicted octanol–water partition coefficient (Wildman–Crippen LogP) is 3.76. The van der Waals surface area contributed by atoms with Gasteiger partial charge in [0.25, 0.3) is 0 Å². The first-order chi connectivity index (χ1) is 14.0. The van der Waals surface area contributed by atoms with Gasteiger partial charge in [0.15, 0.2) is 0 Å². The molecule has 1 aliphatic heterocycles. The third-order valence-corrected chi connectivity index (χ3v) is 3.71. The summed E-state index contributed by atoms with van der Waals surface area (Å²) >= 11 is 0. The van der Waals surface area contributed by atoms with Crippen molar-refractivity contribution in [1.29, 1.82) is 0 Å². The average molecular weight is 397 g/mol. The van der Waals surface area contributed by atoms with Crippen LogP contribution in [0.3, 0.4) is 0 Å². The highest BCUT2D eigenvalue weighted by atomic mass is 19.1. The largest absolute Gasteiger partial charge is 0.447 e. The molecule has 4 rings (SSSR count). The Kier molecular flexibility index (Phi) is 6.43. The topological polar surface area (TPSA) is 64.1 Å². The van der Waals surface area contributed by atoms with Crippen LogP contribution in [0.15, 0.2) is 61.1 Å². The van der Waals surface area contributed by atoms with Gasteiger partial charge in [0, 0.05) is 17.3 Å². The molecule has 0 unspecified atom stereocenters. The Hall–Kier alpha value is -3.86. The van der Waals surface area contributed by atoms with Gasteiger partial charge in [-0.15, -0.1) is 0 Å². The summed E-state index contributed by atoms with van der Waals surface area (Å²) in [6.07, 6.45) is 2.90. The molecule has 2 aromatic heterocycles. The van der Waals surface area contributed by atoms with Crippen LogP contribution < -0.4 is 5.32 Å². The molecule has 0 spiro atoms. The van der Waals surface area contributed by atoms with Gasteiger partial charge in [0.1, 0.15) is 29.8 Å². The van der Waals surface area contributed by atoms with Crippen LogP contribution >= 0.6 is 0 Å². The van der Waals surface area contributed by atoms with Crippen molar-refractivity contribution in [3.63, 3.8) is 0 Å². The first kappa shape index (κ1) is 19.9. The molecular formula is C21H14F3N3O2. The van der Waals surface area contributed by atoms with E-state index in [9.17, 15) is 18.0 Å². The van der Waals surface area contributed by atoms with E-state index in [-0.39, 0.29) is 18.0 Å².